The average Bonchev–Trinajstić information content (AvgIpc) is 2.45. The Kier molecular flexibility index (Phi) is 70.1. The Bertz CT molecular complexity index is 1940. The van der Waals surface area contributed by atoms with E-state index in [1.165, 1.54) is 205 Å². The van der Waals surface area contributed by atoms with Crippen molar-refractivity contribution in [1.82, 2.24) is 0 Å². The number of carbonyl (C=O) groups excluding carboxylic acids is 4. The van der Waals surface area contributed by atoms with Gasteiger partial charge in [0.05, 0.1) is 26.4 Å². The van der Waals surface area contributed by atoms with Crippen LogP contribution in [0.2, 0.25) is 0 Å². The number of ether oxygens (including phenoxy) is 4. The Morgan fingerprint density at radius 2 is 0.495 bits per heavy atom. The molecule has 572 valence electrons. The maximum atomic E-state index is 13.1. The second-order valence-corrected chi connectivity index (χ2v) is 30.3. The van der Waals surface area contributed by atoms with Gasteiger partial charge in [0.2, 0.25) is 0 Å². The number of carbonyl (C=O) groups is 4. The minimum atomic E-state index is -4.96. The zero-order valence-electron chi connectivity index (χ0n) is 62.5. The lowest BCUT2D eigenvalue weighted by molar-refractivity contribution is -0.161. The predicted octanol–water partition coefficient (Wildman–Crippen LogP) is 23.0. The molecule has 0 spiro atoms. The van der Waals surface area contributed by atoms with Crippen LogP contribution in [0.5, 0.6) is 0 Å². The molecule has 2 unspecified atom stereocenters. The molecule has 0 heterocycles. The predicted molar refractivity (Wildman–Crippen MR) is 395 cm³/mol. The molecular formula is C78H148O17P2. The molecule has 17 nitrogen and oxygen atoms in total. The van der Waals surface area contributed by atoms with Crippen LogP contribution in [0.4, 0.5) is 0 Å². The van der Waals surface area contributed by atoms with Gasteiger partial charge in [-0.1, -0.05) is 341 Å². The van der Waals surface area contributed by atoms with Crippen molar-refractivity contribution in [1.29, 1.82) is 0 Å². The van der Waals surface area contributed by atoms with Crippen LogP contribution in [0.1, 0.15) is 394 Å². The first-order chi connectivity index (χ1) is 47.2. The number of aliphatic hydroxyl groups is 1. The van der Waals surface area contributed by atoms with E-state index in [-0.39, 0.29) is 25.7 Å². The third-order valence-corrected chi connectivity index (χ3v) is 19.6. The molecule has 0 saturated heterocycles. The summed E-state index contributed by atoms with van der Waals surface area (Å²) < 4.78 is 68.5. The Morgan fingerprint density at radius 1 is 0.289 bits per heavy atom. The Balaban J connectivity index is 5.26. The maximum absolute atomic E-state index is 13.1. The molecule has 0 rings (SSSR count). The van der Waals surface area contributed by atoms with Gasteiger partial charge in [-0.25, -0.2) is 9.13 Å². The van der Waals surface area contributed by atoms with Gasteiger partial charge in [0, 0.05) is 25.7 Å². The topological polar surface area (TPSA) is 237 Å². The quantitative estimate of drug-likeness (QED) is 0.0169. The Hall–Kier alpha value is -2.46. The van der Waals surface area contributed by atoms with Gasteiger partial charge in [-0.2, -0.15) is 0 Å². The summed E-state index contributed by atoms with van der Waals surface area (Å²) in [5, 5.41) is 10.6. The second-order valence-electron chi connectivity index (χ2n) is 27.4. The second kappa shape index (κ2) is 71.9. The van der Waals surface area contributed by atoms with Gasteiger partial charge in [-0.15, -0.1) is 0 Å². The molecular weight excluding hydrogens is 1270 g/mol. The summed E-state index contributed by atoms with van der Waals surface area (Å²) in [5.41, 5.74) is 0. The first kappa shape index (κ1) is 94.5. The zero-order valence-corrected chi connectivity index (χ0v) is 64.3. The van der Waals surface area contributed by atoms with E-state index < -0.39 is 97.5 Å². The number of rotatable bonds is 77. The molecule has 97 heavy (non-hydrogen) atoms. The normalized spacial score (nSPS) is 14.0. The number of phosphoric acid groups is 2. The number of allylic oxidation sites excluding steroid dienone is 4. The lowest BCUT2D eigenvalue weighted by Crippen LogP contribution is -2.30. The van der Waals surface area contributed by atoms with Crippen molar-refractivity contribution in [2.45, 2.75) is 412 Å². The number of aliphatic hydroxyl groups excluding tert-OH is 1. The third kappa shape index (κ3) is 71.7. The lowest BCUT2D eigenvalue weighted by atomic mass is 10.0. The highest BCUT2D eigenvalue weighted by molar-refractivity contribution is 7.47. The fourth-order valence-electron chi connectivity index (χ4n) is 11.6. The number of phosphoric ester groups is 2. The fraction of sp³-hybridized carbons (Fsp3) is 0.897. The third-order valence-electron chi connectivity index (χ3n) is 17.7. The number of unbranched alkanes of at least 4 members (excludes halogenated alkanes) is 48. The Morgan fingerprint density at radius 3 is 0.753 bits per heavy atom. The summed E-state index contributed by atoms with van der Waals surface area (Å²) in [5.74, 6) is -2.14. The van der Waals surface area contributed by atoms with Gasteiger partial charge in [0.25, 0.3) is 0 Å². The summed E-state index contributed by atoms with van der Waals surface area (Å²) >= 11 is 0. The van der Waals surface area contributed by atoms with Gasteiger partial charge in [-0.3, -0.25) is 37.3 Å². The maximum Gasteiger partial charge on any atom is 0.472 e. The lowest BCUT2D eigenvalue weighted by Gasteiger charge is -2.21. The number of esters is 4. The minimum Gasteiger partial charge on any atom is -0.462 e. The van der Waals surface area contributed by atoms with E-state index in [9.17, 15) is 43.2 Å². The molecule has 0 radical (unpaired) electrons. The largest absolute Gasteiger partial charge is 0.472 e. The van der Waals surface area contributed by atoms with E-state index in [1.807, 2.05) is 0 Å². The van der Waals surface area contributed by atoms with Gasteiger partial charge in [0.1, 0.15) is 19.3 Å². The van der Waals surface area contributed by atoms with Gasteiger partial charge in [-0.05, 0) is 51.4 Å². The smallest absolute Gasteiger partial charge is 0.462 e. The van der Waals surface area contributed by atoms with E-state index >= 15 is 0 Å². The van der Waals surface area contributed by atoms with Crippen LogP contribution in [0.25, 0.3) is 0 Å². The summed E-state index contributed by atoms with van der Waals surface area (Å²) in [6.07, 6.45) is 65.9. The van der Waals surface area contributed by atoms with E-state index in [0.717, 1.165) is 109 Å². The van der Waals surface area contributed by atoms with Crippen LogP contribution in [0.3, 0.4) is 0 Å². The molecule has 0 aliphatic heterocycles. The molecule has 0 fully saturated rings. The molecule has 0 aromatic rings. The highest BCUT2D eigenvalue weighted by Crippen LogP contribution is 2.45. The number of hydrogen-bond donors (Lipinski definition) is 3. The van der Waals surface area contributed by atoms with Crippen LogP contribution >= 0.6 is 15.6 Å². The summed E-state index contributed by atoms with van der Waals surface area (Å²) in [6, 6.07) is 0. The van der Waals surface area contributed by atoms with Crippen molar-refractivity contribution in [2.75, 3.05) is 39.6 Å². The first-order valence-corrected chi connectivity index (χ1v) is 43.1. The molecule has 19 heteroatoms. The molecule has 0 aromatic heterocycles. The van der Waals surface area contributed by atoms with Crippen molar-refractivity contribution in [3.05, 3.63) is 24.3 Å². The van der Waals surface area contributed by atoms with E-state index in [2.05, 4.69) is 52.0 Å². The SMILES string of the molecule is CCCCCC/C=C\C=C/CCCCCCCC(=O)OC[C@H](COP(=O)(O)OC[C@@H](O)COP(=O)(O)OC[C@@H](COC(=O)CCCCCCCCCCC)OC(=O)CCCCCCCCCCCCCCCCC)OC(=O)CCCCCCCCCCCCCCCCCCCC. The van der Waals surface area contributed by atoms with Crippen LogP contribution in [0, 0.1) is 0 Å². The van der Waals surface area contributed by atoms with Crippen molar-refractivity contribution in [3.8, 4) is 0 Å². The molecule has 5 atom stereocenters. The van der Waals surface area contributed by atoms with Crippen molar-refractivity contribution < 1.29 is 80.2 Å². The van der Waals surface area contributed by atoms with Gasteiger partial charge in [0.15, 0.2) is 12.2 Å². The molecule has 0 bridgehead atoms. The highest BCUT2D eigenvalue weighted by Gasteiger charge is 2.30. The molecule has 3 N–H and O–H groups in total. The standard InChI is InChI=1S/C78H148O17P2/c1-5-9-13-17-21-25-28-31-34-35-36-39-42-45-49-53-57-61-65-78(83)95-74(69-89-76(81)63-59-55-51-47-43-40-37-32-29-26-22-18-14-10-6-2)71-93-97(86,87)91-67-72(79)66-90-96(84,85)92-70-73(68-88-75(80)62-58-54-50-46-24-20-16-12-8-4)94-77(82)64-60-56-52-48-44-41-38-33-30-27-23-19-15-11-7-3/h26,29,32,37,72-74,79H,5-25,27-28,30-31,33-36,38-71H2,1-4H3,(H,84,85)(H,86,87)/b29-26-,37-32-/t72-,73+,74+/m0/s1. The van der Waals surface area contributed by atoms with E-state index in [1.54, 1.807) is 0 Å². The number of hydrogen-bond acceptors (Lipinski definition) is 15. The van der Waals surface area contributed by atoms with Gasteiger partial charge < -0.3 is 33.8 Å². The van der Waals surface area contributed by atoms with Crippen LogP contribution in [0.15, 0.2) is 24.3 Å². The summed E-state index contributed by atoms with van der Waals surface area (Å²) in [7, 11) is -9.92. The molecule has 0 aliphatic carbocycles. The molecule has 0 saturated carbocycles. The van der Waals surface area contributed by atoms with Crippen LogP contribution in [-0.2, 0) is 65.4 Å². The molecule has 0 amide bonds. The van der Waals surface area contributed by atoms with E-state index in [4.69, 9.17) is 37.0 Å². The van der Waals surface area contributed by atoms with Gasteiger partial charge >= 0.3 is 39.5 Å². The minimum absolute atomic E-state index is 0.102. The van der Waals surface area contributed by atoms with Crippen molar-refractivity contribution in [2.24, 2.45) is 0 Å². The zero-order chi connectivity index (χ0) is 71.1. The van der Waals surface area contributed by atoms with E-state index in [0.29, 0.717) is 25.7 Å². The molecule has 0 aliphatic rings. The summed E-state index contributed by atoms with van der Waals surface area (Å²) in [4.78, 5) is 72.8. The summed E-state index contributed by atoms with van der Waals surface area (Å²) in [6.45, 7) is 4.93. The fourth-order valence-corrected chi connectivity index (χ4v) is 13.1. The highest BCUT2D eigenvalue weighted by atomic mass is 31.2. The van der Waals surface area contributed by atoms with Crippen molar-refractivity contribution in [3.63, 3.8) is 0 Å². The average molecular weight is 1420 g/mol. The monoisotopic (exact) mass is 1420 g/mol. The van der Waals surface area contributed by atoms with Crippen LogP contribution < -0.4 is 0 Å². The van der Waals surface area contributed by atoms with Crippen molar-refractivity contribution >= 4 is 39.5 Å². The molecule has 0 aromatic carbocycles. The Labute approximate surface area is 592 Å². The van der Waals surface area contributed by atoms with Crippen LogP contribution in [-0.4, -0.2) is 96.7 Å². The first-order valence-electron chi connectivity index (χ1n) is 40.1.